The van der Waals surface area contributed by atoms with E-state index in [2.05, 4.69) is 17.6 Å². The lowest BCUT2D eigenvalue weighted by molar-refractivity contribution is -0.137. The Morgan fingerprint density at radius 1 is 1.10 bits per heavy atom. The van der Waals surface area contributed by atoms with Gasteiger partial charge < -0.3 is 10.6 Å². The molecule has 0 spiro atoms. The molecule has 20 heavy (non-hydrogen) atoms. The highest BCUT2D eigenvalue weighted by Crippen LogP contribution is 2.23. The molecule has 108 valence electrons. The number of rotatable bonds is 2. The second-order valence-electron chi connectivity index (χ2n) is 5.30. The third-order valence-corrected chi connectivity index (χ3v) is 3.99. The van der Waals surface area contributed by atoms with Crippen LogP contribution in [0, 0.1) is 5.92 Å². The number of nitrogens with one attached hydrogen (secondary N) is 2. The summed E-state index contributed by atoms with van der Waals surface area (Å²) in [6.07, 6.45) is 4.35. The Balaban J connectivity index is 1.88. The number of benzene rings is 1. The van der Waals surface area contributed by atoms with Crippen LogP contribution in [-0.4, -0.2) is 17.9 Å². The van der Waals surface area contributed by atoms with Crippen molar-refractivity contribution >= 4 is 29.1 Å². The van der Waals surface area contributed by atoms with E-state index in [0.29, 0.717) is 16.6 Å². The normalized spacial score (nSPS) is 22.1. The summed E-state index contributed by atoms with van der Waals surface area (Å²) < 4.78 is 0. The first kappa shape index (κ1) is 14.9. The summed E-state index contributed by atoms with van der Waals surface area (Å²) in [5.41, 5.74) is 0.561. The van der Waals surface area contributed by atoms with Gasteiger partial charge in [-0.15, -0.1) is 0 Å². The van der Waals surface area contributed by atoms with E-state index in [1.807, 2.05) is 0 Å². The smallest absolute Gasteiger partial charge is 0.313 e. The van der Waals surface area contributed by atoms with Gasteiger partial charge >= 0.3 is 11.8 Å². The van der Waals surface area contributed by atoms with Gasteiger partial charge in [0.05, 0.1) is 0 Å². The van der Waals surface area contributed by atoms with Gasteiger partial charge in [-0.05, 0) is 43.0 Å². The molecule has 0 radical (unpaired) electrons. The third-order valence-electron chi connectivity index (χ3n) is 3.74. The molecule has 0 unspecified atom stereocenters. The van der Waals surface area contributed by atoms with E-state index in [0.717, 1.165) is 19.3 Å². The lowest BCUT2D eigenvalue weighted by atomic mass is 9.86. The predicted molar refractivity (Wildman–Crippen MR) is 79.6 cm³/mol. The highest BCUT2D eigenvalue weighted by Gasteiger charge is 2.25. The zero-order chi connectivity index (χ0) is 14.5. The Kier molecular flexibility index (Phi) is 5.01. The Labute approximate surface area is 123 Å². The van der Waals surface area contributed by atoms with Gasteiger partial charge in [-0.3, -0.25) is 9.59 Å². The first-order valence-corrected chi connectivity index (χ1v) is 7.31. The molecule has 2 atom stereocenters. The van der Waals surface area contributed by atoms with Crippen molar-refractivity contribution in [1.29, 1.82) is 0 Å². The summed E-state index contributed by atoms with van der Waals surface area (Å²) in [6, 6.07) is 6.76. The summed E-state index contributed by atoms with van der Waals surface area (Å²) >= 11 is 5.76. The maximum absolute atomic E-state index is 11.9. The molecule has 0 aliphatic heterocycles. The van der Waals surface area contributed by atoms with Gasteiger partial charge in [0.15, 0.2) is 0 Å². The Hall–Kier alpha value is -1.55. The molecule has 1 aliphatic rings. The van der Waals surface area contributed by atoms with E-state index >= 15 is 0 Å². The van der Waals surface area contributed by atoms with Gasteiger partial charge in [0.1, 0.15) is 0 Å². The first-order chi connectivity index (χ1) is 9.56. The fourth-order valence-corrected chi connectivity index (χ4v) is 2.61. The summed E-state index contributed by atoms with van der Waals surface area (Å²) in [6.45, 7) is 2.11. The molecule has 0 aromatic heterocycles. The molecule has 1 fully saturated rings. The molecule has 4 nitrogen and oxygen atoms in total. The number of carbonyl (C=O) groups is 2. The predicted octanol–water partition coefficient (Wildman–Crippen LogP) is 2.97. The van der Waals surface area contributed by atoms with Crippen molar-refractivity contribution in [2.45, 2.75) is 38.6 Å². The second-order valence-corrected chi connectivity index (χ2v) is 5.74. The molecule has 1 aromatic rings. The van der Waals surface area contributed by atoms with Gasteiger partial charge in [0.2, 0.25) is 0 Å². The van der Waals surface area contributed by atoms with Gasteiger partial charge in [0.25, 0.3) is 0 Å². The van der Waals surface area contributed by atoms with Crippen LogP contribution >= 0.6 is 11.6 Å². The van der Waals surface area contributed by atoms with Crippen LogP contribution in [0.5, 0.6) is 0 Å². The highest BCUT2D eigenvalue weighted by atomic mass is 35.5. The number of carbonyl (C=O) groups excluding carboxylic acids is 2. The molecular weight excluding hydrogens is 276 g/mol. The average molecular weight is 295 g/mol. The van der Waals surface area contributed by atoms with Crippen molar-refractivity contribution in [3.05, 3.63) is 29.3 Å². The molecule has 1 aliphatic carbocycles. The fourth-order valence-electron chi connectivity index (χ4n) is 2.49. The molecule has 0 bridgehead atoms. The van der Waals surface area contributed by atoms with Gasteiger partial charge in [-0.1, -0.05) is 31.4 Å². The SMILES string of the molecule is C[C@H]1CCCC[C@@H]1NC(=O)C(=O)Nc1ccc(Cl)cc1. The van der Waals surface area contributed by atoms with Gasteiger partial charge in [-0.25, -0.2) is 0 Å². The lowest BCUT2D eigenvalue weighted by Crippen LogP contribution is -2.45. The van der Waals surface area contributed by atoms with Crippen molar-refractivity contribution in [2.75, 3.05) is 5.32 Å². The number of amides is 2. The maximum Gasteiger partial charge on any atom is 0.313 e. The molecule has 1 aromatic carbocycles. The van der Waals surface area contributed by atoms with E-state index in [4.69, 9.17) is 11.6 Å². The summed E-state index contributed by atoms with van der Waals surface area (Å²) in [7, 11) is 0. The fraction of sp³-hybridized carbons (Fsp3) is 0.467. The lowest BCUT2D eigenvalue weighted by Gasteiger charge is -2.29. The van der Waals surface area contributed by atoms with Gasteiger partial charge in [-0.2, -0.15) is 0 Å². The number of hydrogen-bond donors (Lipinski definition) is 2. The molecule has 1 saturated carbocycles. The maximum atomic E-state index is 11.9. The van der Waals surface area contributed by atoms with Crippen molar-refractivity contribution in [2.24, 2.45) is 5.92 Å². The number of halogens is 1. The second kappa shape index (κ2) is 6.75. The average Bonchev–Trinajstić information content (AvgIpc) is 2.44. The van der Waals surface area contributed by atoms with Crippen LogP contribution in [0.4, 0.5) is 5.69 Å². The summed E-state index contributed by atoms with van der Waals surface area (Å²) in [5, 5.41) is 5.97. The van der Waals surface area contributed by atoms with Crippen molar-refractivity contribution in [1.82, 2.24) is 5.32 Å². The minimum absolute atomic E-state index is 0.104. The minimum atomic E-state index is -0.634. The zero-order valence-electron chi connectivity index (χ0n) is 11.5. The summed E-state index contributed by atoms with van der Waals surface area (Å²) in [5.74, 6) is -0.778. The van der Waals surface area contributed by atoms with Crippen LogP contribution in [-0.2, 0) is 9.59 Å². The molecule has 0 heterocycles. The first-order valence-electron chi connectivity index (χ1n) is 6.93. The molecule has 2 amide bonds. The molecule has 2 N–H and O–H groups in total. The van der Waals surface area contributed by atoms with E-state index in [9.17, 15) is 9.59 Å². The van der Waals surface area contributed by atoms with Crippen LogP contribution in [0.1, 0.15) is 32.6 Å². The van der Waals surface area contributed by atoms with Crippen LogP contribution < -0.4 is 10.6 Å². The quantitative estimate of drug-likeness (QED) is 0.824. The van der Waals surface area contributed by atoms with Gasteiger partial charge in [0, 0.05) is 16.8 Å². The topological polar surface area (TPSA) is 58.2 Å². The molecular formula is C15H19ClN2O2. The standard InChI is InChI=1S/C15H19ClN2O2/c1-10-4-2-3-5-13(10)18-15(20)14(19)17-12-8-6-11(16)7-9-12/h6-10,13H,2-5H2,1H3,(H,17,19)(H,18,20)/t10-,13-/m0/s1. The van der Waals surface area contributed by atoms with Crippen LogP contribution in [0.3, 0.4) is 0 Å². The monoisotopic (exact) mass is 294 g/mol. The Morgan fingerprint density at radius 3 is 2.40 bits per heavy atom. The van der Waals surface area contributed by atoms with Crippen LogP contribution in [0.2, 0.25) is 5.02 Å². The van der Waals surface area contributed by atoms with E-state index in [-0.39, 0.29) is 6.04 Å². The summed E-state index contributed by atoms with van der Waals surface area (Å²) in [4.78, 5) is 23.7. The van der Waals surface area contributed by atoms with Crippen LogP contribution in [0.15, 0.2) is 24.3 Å². The van der Waals surface area contributed by atoms with E-state index in [1.165, 1.54) is 6.42 Å². The van der Waals surface area contributed by atoms with Crippen molar-refractivity contribution < 1.29 is 9.59 Å². The largest absolute Gasteiger partial charge is 0.345 e. The van der Waals surface area contributed by atoms with Crippen LogP contribution in [0.25, 0.3) is 0 Å². The van der Waals surface area contributed by atoms with E-state index in [1.54, 1.807) is 24.3 Å². The third kappa shape index (κ3) is 3.97. The van der Waals surface area contributed by atoms with E-state index < -0.39 is 11.8 Å². The highest BCUT2D eigenvalue weighted by molar-refractivity contribution is 6.39. The Morgan fingerprint density at radius 2 is 1.75 bits per heavy atom. The minimum Gasteiger partial charge on any atom is -0.345 e. The molecule has 0 saturated heterocycles. The molecule has 5 heteroatoms. The van der Waals surface area contributed by atoms with Crippen molar-refractivity contribution in [3.8, 4) is 0 Å². The Bertz CT molecular complexity index is 487. The van der Waals surface area contributed by atoms with Crippen molar-refractivity contribution in [3.63, 3.8) is 0 Å². The number of hydrogen-bond acceptors (Lipinski definition) is 2. The zero-order valence-corrected chi connectivity index (χ0v) is 12.2. The number of anilines is 1. The molecule has 2 rings (SSSR count).